The highest BCUT2D eigenvalue weighted by Crippen LogP contribution is 2.29. The molecule has 0 saturated carbocycles. The number of rotatable bonds is 7. The summed E-state index contributed by atoms with van der Waals surface area (Å²) in [5, 5.41) is 6.26. The zero-order chi connectivity index (χ0) is 17.6. The van der Waals surface area contributed by atoms with Crippen molar-refractivity contribution in [3.63, 3.8) is 0 Å². The summed E-state index contributed by atoms with van der Waals surface area (Å²) in [6.07, 6.45) is 1.85. The van der Waals surface area contributed by atoms with Gasteiger partial charge in [0.05, 0.1) is 28.0 Å². The fourth-order valence-corrected chi connectivity index (χ4v) is 4.40. The van der Waals surface area contributed by atoms with E-state index in [1.807, 2.05) is 37.3 Å². The summed E-state index contributed by atoms with van der Waals surface area (Å²) >= 11 is 3.35. The Morgan fingerprint density at radius 3 is 2.68 bits per heavy atom. The van der Waals surface area contributed by atoms with Crippen LogP contribution in [0.25, 0.3) is 10.6 Å². The van der Waals surface area contributed by atoms with E-state index >= 15 is 0 Å². The van der Waals surface area contributed by atoms with Crippen LogP contribution in [0.15, 0.2) is 47.8 Å². The van der Waals surface area contributed by atoms with Crippen LogP contribution in [-0.2, 0) is 11.3 Å². The van der Waals surface area contributed by atoms with Gasteiger partial charge in [0.25, 0.3) is 0 Å². The van der Waals surface area contributed by atoms with Crippen LogP contribution in [0.2, 0.25) is 0 Å². The molecule has 0 saturated heterocycles. The molecule has 0 aliphatic heterocycles. The topological polar surface area (TPSA) is 42.0 Å². The third-order valence-corrected chi connectivity index (χ3v) is 5.95. The van der Waals surface area contributed by atoms with Crippen molar-refractivity contribution in [2.24, 2.45) is 0 Å². The molecule has 3 nitrogen and oxygen atoms in total. The van der Waals surface area contributed by atoms with E-state index in [0.29, 0.717) is 6.54 Å². The minimum Gasteiger partial charge on any atom is -0.351 e. The lowest BCUT2D eigenvalue weighted by Gasteiger charge is -2.16. The second kappa shape index (κ2) is 8.41. The number of nitrogens with zero attached hydrogens (tertiary/aromatic N) is 1. The number of aryl methyl sites for hydroxylation is 1. The molecule has 0 unspecified atom stereocenters. The first-order chi connectivity index (χ1) is 12.2. The Labute approximate surface area is 156 Å². The minimum atomic E-state index is -0.0770. The van der Waals surface area contributed by atoms with Crippen molar-refractivity contribution >= 4 is 28.6 Å². The highest BCUT2D eigenvalue weighted by atomic mass is 32.1. The van der Waals surface area contributed by atoms with E-state index in [1.54, 1.807) is 22.7 Å². The quantitative estimate of drug-likeness (QED) is 0.607. The number of carbonyl (C=O) groups is 1. The van der Waals surface area contributed by atoms with Gasteiger partial charge in [0.15, 0.2) is 0 Å². The lowest BCUT2D eigenvalue weighted by atomic mass is 9.93. The minimum absolute atomic E-state index is 0.0770. The molecule has 2 heterocycles. The normalized spacial score (nSPS) is 12.1. The molecule has 1 amide bonds. The van der Waals surface area contributed by atoms with Gasteiger partial charge < -0.3 is 5.32 Å². The second-order valence-electron chi connectivity index (χ2n) is 5.99. The third-order valence-electron chi connectivity index (χ3n) is 4.07. The molecule has 2 aromatic heterocycles. The largest absolute Gasteiger partial charge is 0.351 e. The summed E-state index contributed by atoms with van der Waals surface area (Å²) in [6.45, 7) is 4.70. The SMILES string of the molecule is CCC[C@@H](C(=O)NCc1ccc(-c2csc(C)n2)s1)c1ccccc1. The smallest absolute Gasteiger partial charge is 0.227 e. The van der Waals surface area contributed by atoms with Gasteiger partial charge in [0.2, 0.25) is 5.91 Å². The molecular weight excluding hydrogens is 348 g/mol. The molecule has 25 heavy (non-hydrogen) atoms. The van der Waals surface area contributed by atoms with E-state index in [1.165, 1.54) is 0 Å². The van der Waals surface area contributed by atoms with Crippen LogP contribution in [0.4, 0.5) is 0 Å². The Morgan fingerprint density at radius 1 is 1.20 bits per heavy atom. The molecule has 0 aliphatic carbocycles. The molecule has 5 heteroatoms. The van der Waals surface area contributed by atoms with Crippen LogP contribution >= 0.6 is 22.7 Å². The molecule has 0 aliphatic rings. The molecule has 1 aromatic carbocycles. The van der Waals surface area contributed by atoms with Crippen molar-refractivity contribution in [3.05, 3.63) is 63.3 Å². The van der Waals surface area contributed by atoms with Gasteiger partial charge in [-0.05, 0) is 31.0 Å². The number of nitrogens with one attached hydrogen (secondary N) is 1. The van der Waals surface area contributed by atoms with Gasteiger partial charge in [0, 0.05) is 10.3 Å². The molecule has 0 spiro atoms. The van der Waals surface area contributed by atoms with Crippen LogP contribution in [0.3, 0.4) is 0 Å². The van der Waals surface area contributed by atoms with E-state index < -0.39 is 0 Å². The number of aromatic nitrogens is 1. The van der Waals surface area contributed by atoms with E-state index in [4.69, 9.17) is 0 Å². The van der Waals surface area contributed by atoms with Crippen molar-refractivity contribution < 1.29 is 4.79 Å². The highest BCUT2D eigenvalue weighted by Gasteiger charge is 2.19. The monoisotopic (exact) mass is 370 g/mol. The Bertz CT molecular complexity index is 823. The van der Waals surface area contributed by atoms with Crippen molar-refractivity contribution in [1.82, 2.24) is 10.3 Å². The standard InChI is InChI=1S/C20H22N2OS2/c1-3-7-17(15-8-5-4-6-9-15)20(23)21-12-16-10-11-19(25-16)18-13-24-14(2)22-18/h4-6,8-11,13,17H,3,7,12H2,1-2H3,(H,21,23)/t17-/m1/s1. The van der Waals surface area contributed by atoms with E-state index in [2.05, 4.69) is 34.7 Å². The summed E-state index contributed by atoms with van der Waals surface area (Å²) in [6, 6.07) is 14.2. The molecule has 1 N–H and O–H groups in total. The molecule has 0 bridgehead atoms. The van der Waals surface area contributed by atoms with Crippen LogP contribution in [0, 0.1) is 6.92 Å². The first-order valence-electron chi connectivity index (χ1n) is 8.51. The van der Waals surface area contributed by atoms with Crippen LogP contribution in [-0.4, -0.2) is 10.9 Å². The molecule has 3 aromatic rings. The van der Waals surface area contributed by atoms with Crippen molar-refractivity contribution in [1.29, 1.82) is 0 Å². The van der Waals surface area contributed by atoms with Gasteiger partial charge in [-0.2, -0.15) is 0 Å². The zero-order valence-electron chi connectivity index (χ0n) is 14.5. The highest BCUT2D eigenvalue weighted by molar-refractivity contribution is 7.16. The fraction of sp³-hybridized carbons (Fsp3) is 0.300. The molecule has 1 atom stereocenters. The van der Waals surface area contributed by atoms with Crippen LogP contribution < -0.4 is 5.32 Å². The van der Waals surface area contributed by atoms with Crippen molar-refractivity contribution in [2.75, 3.05) is 0 Å². The predicted octanol–water partition coefficient (Wildman–Crippen LogP) is 5.38. The predicted molar refractivity (Wildman–Crippen MR) is 106 cm³/mol. The lowest BCUT2D eigenvalue weighted by Crippen LogP contribution is -2.28. The van der Waals surface area contributed by atoms with Gasteiger partial charge in [-0.15, -0.1) is 22.7 Å². The summed E-state index contributed by atoms with van der Waals surface area (Å²) in [4.78, 5) is 19.5. The molecule has 130 valence electrons. The summed E-state index contributed by atoms with van der Waals surface area (Å²) in [7, 11) is 0. The number of amides is 1. The van der Waals surface area contributed by atoms with Crippen molar-refractivity contribution in [2.45, 2.75) is 39.2 Å². The maximum Gasteiger partial charge on any atom is 0.227 e. The zero-order valence-corrected chi connectivity index (χ0v) is 16.1. The molecular formula is C20H22N2OS2. The van der Waals surface area contributed by atoms with E-state index in [-0.39, 0.29) is 11.8 Å². The summed E-state index contributed by atoms with van der Waals surface area (Å²) < 4.78 is 0. The summed E-state index contributed by atoms with van der Waals surface area (Å²) in [5.41, 5.74) is 2.12. The Balaban J connectivity index is 1.64. The number of hydrogen-bond donors (Lipinski definition) is 1. The number of thiazole rings is 1. The van der Waals surface area contributed by atoms with E-state index in [0.717, 1.165) is 38.9 Å². The number of thiophene rings is 1. The van der Waals surface area contributed by atoms with Crippen LogP contribution in [0.1, 0.15) is 41.1 Å². The Kier molecular flexibility index (Phi) is 6.00. The third kappa shape index (κ3) is 4.55. The lowest BCUT2D eigenvalue weighted by molar-refractivity contribution is -0.122. The van der Waals surface area contributed by atoms with E-state index in [9.17, 15) is 4.79 Å². The number of carbonyl (C=O) groups excluding carboxylic acids is 1. The molecule has 3 rings (SSSR count). The maximum atomic E-state index is 12.7. The average Bonchev–Trinajstić information content (AvgIpc) is 3.27. The second-order valence-corrected chi connectivity index (χ2v) is 8.22. The summed E-state index contributed by atoms with van der Waals surface area (Å²) in [5.74, 6) is 0.0272. The first-order valence-corrected chi connectivity index (χ1v) is 10.2. The van der Waals surface area contributed by atoms with Gasteiger partial charge >= 0.3 is 0 Å². The van der Waals surface area contributed by atoms with Crippen molar-refractivity contribution in [3.8, 4) is 10.6 Å². The molecule has 0 fully saturated rings. The number of benzene rings is 1. The van der Waals surface area contributed by atoms with Gasteiger partial charge in [0.1, 0.15) is 0 Å². The number of hydrogen-bond acceptors (Lipinski definition) is 4. The fourth-order valence-electron chi connectivity index (χ4n) is 2.81. The van der Waals surface area contributed by atoms with Crippen LogP contribution in [0.5, 0.6) is 0 Å². The average molecular weight is 371 g/mol. The van der Waals surface area contributed by atoms with Gasteiger partial charge in [-0.1, -0.05) is 43.7 Å². The Morgan fingerprint density at radius 2 is 2.00 bits per heavy atom. The Hall–Kier alpha value is -1.98. The van der Waals surface area contributed by atoms with Gasteiger partial charge in [-0.3, -0.25) is 4.79 Å². The maximum absolute atomic E-state index is 12.7. The molecule has 0 radical (unpaired) electrons. The first kappa shape index (κ1) is 17.8. The van der Waals surface area contributed by atoms with Gasteiger partial charge in [-0.25, -0.2) is 4.98 Å².